The first-order chi connectivity index (χ1) is 10.1. The SMILES string of the molecule is CCC(CC)c1c(C(=O)O)nnn1C(C)c1ccccc1. The molecule has 0 fully saturated rings. The van der Waals surface area contributed by atoms with Crippen molar-refractivity contribution < 1.29 is 9.90 Å². The zero-order valence-electron chi connectivity index (χ0n) is 12.7. The Morgan fingerprint density at radius 3 is 2.38 bits per heavy atom. The van der Waals surface area contributed by atoms with Gasteiger partial charge in [-0.2, -0.15) is 0 Å². The summed E-state index contributed by atoms with van der Waals surface area (Å²) in [5, 5.41) is 17.4. The molecule has 5 nitrogen and oxygen atoms in total. The van der Waals surface area contributed by atoms with E-state index in [2.05, 4.69) is 24.2 Å². The second-order valence-corrected chi connectivity index (χ2v) is 5.17. The van der Waals surface area contributed by atoms with Gasteiger partial charge in [0.1, 0.15) is 0 Å². The highest BCUT2D eigenvalue weighted by molar-refractivity contribution is 5.86. The summed E-state index contributed by atoms with van der Waals surface area (Å²) in [5.41, 5.74) is 1.89. The lowest BCUT2D eigenvalue weighted by molar-refractivity contribution is 0.0688. The average molecular weight is 287 g/mol. The lowest BCUT2D eigenvalue weighted by Gasteiger charge is -2.20. The van der Waals surface area contributed by atoms with Gasteiger partial charge in [0.15, 0.2) is 5.69 Å². The van der Waals surface area contributed by atoms with E-state index in [0.29, 0.717) is 0 Å². The predicted molar refractivity (Wildman–Crippen MR) is 80.6 cm³/mol. The van der Waals surface area contributed by atoms with Crippen LogP contribution in [0.5, 0.6) is 0 Å². The first-order valence-corrected chi connectivity index (χ1v) is 7.33. The highest BCUT2D eigenvalue weighted by Crippen LogP contribution is 2.29. The molecule has 1 N–H and O–H groups in total. The number of aromatic carboxylic acids is 1. The molecule has 0 aliphatic rings. The summed E-state index contributed by atoms with van der Waals surface area (Å²) in [4.78, 5) is 11.4. The molecule has 1 heterocycles. The Morgan fingerprint density at radius 1 is 1.24 bits per heavy atom. The van der Waals surface area contributed by atoms with Gasteiger partial charge in [0.25, 0.3) is 0 Å². The van der Waals surface area contributed by atoms with Gasteiger partial charge >= 0.3 is 5.97 Å². The van der Waals surface area contributed by atoms with Crippen LogP contribution in [0.25, 0.3) is 0 Å². The third-order valence-corrected chi connectivity index (χ3v) is 3.95. The molecule has 2 aromatic rings. The number of rotatable bonds is 6. The second-order valence-electron chi connectivity index (χ2n) is 5.17. The Kier molecular flexibility index (Phi) is 4.73. The number of hydrogen-bond donors (Lipinski definition) is 1. The van der Waals surface area contributed by atoms with Crippen LogP contribution in [0.4, 0.5) is 0 Å². The van der Waals surface area contributed by atoms with Gasteiger partial charge in [0, 0.05) is 5.92 Å². The minimum absolute atomic E-state index is 0.0394. The van der Waals surface area contributed by atoms with Gasteiger partial charge in [-0.1, -0.05) is 49.4 Å². The molecule has 1 aromatic heterocycles. The molecule has 0 bridgehead atoms. The van der Waals surface area contributed by atoms with Crippen molar-refractivity contribution in [2.45, 2.75) is 45.6 Å². The molecule has 0 saturated carbocycles. The Labute approximate surface area is 124 Å². The molecular formula is C16H21N3O2. The van der Waals surface area contributed by atoms with E-state index in [1.165, 1.54) is 0 Å². The van der Waals surface area contributed by atoms with Crippen LogP contribution >= 0.6 is 0 Å². The molecule has 0 aliphatic heterocycles. The number of nitrogens with zero attached hydrogens (tertiary/aromatic N) is 3. The minimum Gasteiger partial charge on any atom is -0.476 e. The molecule has 0 spiro atoms. The van der Waals surface area contributed by atoms with Gasteiger partial charge in [-0.25, -0.2) is 9.48 Å². The summed E-state index contributed by atoms with van der Waals surface area (Å²) in [6.07, 6.45) is 1.73. The van der Waals surface area contributed by atoms with Crippen LogP contribution in [0.2, 0.25) is 0 Å². The van der Waals surface area contributed by atoms with E-state index in [-0.39, 0.29) is 17.7 Å². The fourth-order valence-electron chi connectivity index (χ4n) is 2.67. The number of hydrogen-bond acceptors (Lipinski definition) is 3. The van der Waals surface area contributed by atoms with Crippen molar-refractivity contribution in [1.82, 2.24) is 15.0 Å². The van der Waals surface area contributed by atoms with E-state index < -0.39 is 5.97 Å². The molecule has 2 rings (SSSR count). The molecular weight excluding hydrogens is 266 g/mol. The average Bonchev–Trinajstić information content (AvgIpc) is 2.94. The van der Waals surface area contributed by atoms with Gasteiger partial charge in [-0.3, -0.25) is 0 Å². The summed E-state index contributed by atoms with van der Waals surface area (Å²) in [7, 11) is 0. The van der Waals surface area contributed by atoms with Crippen LogP contribution < -0.4 is 0 Å². The van der Waals surface area contributed by atoms with Crippen LogP contribution in [-0.2, 0) is 0 Å². The topological polar surface area (TPSA) is 68.0 Å². The van der Waals surface area contributed by atoms with E-state index in [4.69, 9.17) is 0 Å². The van der Waals surface area contributed by atoms with Crippen LogP contribution in [0, 0.1) is 0 Å². The van der Waals surface area contributed by atoms with Crippen molar-refractivity contribution in [3.8, 4) is 0 Å². The number of aromatic nitrogens is 3. The maximum atomic E-state index is 11.4. The van der Waals surface area contributed by atoms with Crippen molar-refractivity contribution in [2.24, 2.45) is 0 Å². The highest BCUT2D eigenvalue weighted by atomic mass is 16.4. The Bertz CT molecular complexity index is 603. The van der Waals surface area contributed by atoms with Gasteiger partial charge < -0.3 is 5.11 Å². The highest BCUT2D eigenvalue weighted by Gasteiger charge is 2.27. The van der Waals surface area contributed by atoms with Crippen LogP contribution in [0.1, 0.15) is 67.3 Å². The smallest absolute Gasteiger partial charge is 0.358 e. The van der Waals surface area contributed by atoms with Gasteiger partial charge in [-0.05, 0) is 25.3 Å². The van der Waals surface area contributed by atoms with Crippen molar-refractivity contribution in [2.75, 3.05) is 0 Å². The first-order valence-electron chi connectivity index (χ1n) is 7.33. The summed E-state index contributed by atoms with van der Waals surface area (Å²) in [6.45, 7) is 6.14. The van der Waals surface area contributed by atoms with Crippen LogP contribution in [0.3, 0.4) is 0 Å². The number of carboxylic acid groups (broad SMARTS) is 1. The molecule has 112 valence electrons. The molecule has 0 radical (unpaired) electrons. The largest absolute Gasteiger partial charge is 0.476 e. The predicted octanol–water partition coefficient (Wildman–Crippen LogP) is 3.49. The lowest BCUT2D eigenvalue weighted by atomic mass is 9.96. The molecule has 1 aromatic carbocycles. The van der Waals surface area contributed by atoms with Crippen LogP contribution in [-0.4, -0.2) is 26.1 Å². The van der Waals surface area contributed by atoms with Gasteiger partial charge in [0.05, 0.1) is 11.7 Å². The quantitative estimate of drug-likeness (QED) is 0.883. The van der Waals surface area contributed by atoms with E-state index in [1.807, 2.05) is 37.3 Å². The van der Waals surface area contributed by atoms with Crippen molar-refractivity contribution in [3.05, 3.63) is 47.3 Å². The van der Waals surface area contributed by atoms with Crippen molar-refractivity contribution in [1.29, 1.82) is 0 Å². The first kappa shape index (κ1) is 15.2. The summed E-state index contributed by atoms with van der Waals surface area (Å²) < 4.78 is 1.76. The van der Waals surface area contributed by atoms with E-state index in [0.717, 1.165) is 24.1 Å². The van der Waals surface area contributed by atoms with Gasteiger partial charge in [-0.15, -0.1) is 5.10 Å². The van der Waals surface area contributed by atoms with Crippen molar-refractivity contribution in [3.63, 3.8) is 0 Å². The van der Waals surface area contributed by atoms with Gasteiger partial charge in [0.2, 0.25) is 0 Å². The Hall–Kier alpha value is -2.17. The number of benzene rings is 1. The molecule has 0 amide bonds. The number of carbonyl (C=O) groups is 1. The lowest BCUT2D eigenvalue weighted by Crippen LogP contribution is -2.16. The van der Waals surface area contributed by atoms with E-state index >= 15 is 0 Å². The standard InChI is InChI=1S/C16H21N3O2/c1-4-12(5-2)15-14(16(20)21)17-18-19(15)11(3)13-9-7-6-8-10-13/h6-12H,4-5H2,1-3H3,(H,20,21). The van der Waals surface area contributed by atoms with Crippen LogP contribution in [0.15, 0.2) is 30.3 Å². The molecule has 5 heteroatoms. The monoisotopic (exact) mass is 287 g/mol. The molecule has 0 aliphatic carbocycles. The molecule has 1 unspecified atom stereocenters. The zero-order valence-corrected chi connectivity index (χ0v) is 12.7. The third-order valence-electron chi connectivity index (χ3n) is 3.95. The summed E-state index contributed by atoms with van der Waals surface area (Å²) in [5.74, 6) is -0.860. The Morgan fingerprint density at radius 2 is 1.86 bits per heavy atom. The van der Waals surface area contributed by atoms with E-state index in [1.54, 1.807) is 4.68 Å². The fourth-order valence-corrected chi connectivity index (χ4v) is 2.67. The summed E-state index contributed by atoms with van der Waals surface area (Å²) >= 11 is 0. The Balaban J connectivity index is 2.51. The minimum atomic E-state index is -1.01. The molecule has 0 saturated heterocycles. The maximum Gasteiger partial charge on any atom is 0.358 e. The maximum absolute atomic E-state index is 11.4. The fraction of sp³-hybridized carbons (Fsp3) is 0.438. The second kappa shape index (κ2) is 6.52. The molecule has 21 heavy (non-hydrogen) atoms. The molecule has 1 atom stereocenters. The van der Waals surface area contributed by atoms with E-state index in [9.17, 15) is 9.90 Å². The third kappa shape index (κ3) is 2.96. The normalized spacial score (nSPS) is 12.6. The zero-order chi connectivity index (χ0) is 15.4. The van der Waals surface area contributed by atoms with Crippen molar-refractivity contribution >= 4 is 5.97 Å². The number of carboxylic acids is 1. The summed E-state index contributed by atoms with van der Waals surface area (Å²) in [6, 6.07) is 9.90.